The first-order valence-corrected chi connectivity index (χ1v) is 6.43. The van der Waals surface area contributed by atoms with Crippen molar-refractivity contribution in [3.05, 3.63) is 71.9 Å². The summed E-state index contributed by atoms with van der Waals surface area (Å²) in [6, 6.07) is 19.8. The Labute approximate surface area is 117 Å². The van der Waals surface area contributed by atoms with Gasteiger partial charge in [0.1, 0.15) is 0 Å². The Kier molecular flexibility index (Phi) is 3.30. The van der Waals surface area contributed by atoms with Gasteiger partial charge in [-0.2, -0.15) is 5.26 Å². The van der Waals surface area contributed by atoms with Crippen molar-refractivity contribution >= 4 is 16.6 Å². The quantitative estimate of drug-likeness (QED) is 0.779. The van der Waals surface area contributed by atoms with Gasteiger partial charge in [0.2, 0.25) is 0 Å². The molecule has 0 amide bonds. The van der Waals surface area contributed by atoms with Crippen LogP contribution in [-0.4, -0.2) is 4.98 Å². The first kappa shape index (κ1) is 12.2. The van der Waals surface area contributed by atoms with Gasteiger partial charge in [0.15, 0.2) is 0 Å². The van der Waals surface area contributed by atoms with Crippen molar-refractivity contribution in [2.24, 2.45) is 0 Å². The molecular formula is C17H13N3. The van der Waals surface area contributed by atoms with Crippen LogP contribution < -0.4 is 5.32 Å². The van der Waals surface area contributed by atoms with E-state index >= 15 is 0 Å². The summed E-state index contributed by atoms with van der Waals surface area (Å²) in [6.07, 6.45) is 1.81. The molecule has 1 N–H and O–H groups in total. The number of hydrogen-bond acceptors (Lipinski definition) is 3. The first-order chi connectivity index (χ1) is 9.86. The molecule has 2 aromatic carbocycles. The van der Waals surface area contributed by atoms with E-state index in [1.165, 1.54) is 0 Å². The van der Waals surface area contributed by atoms with Crippen molar-refractivity contribution in [1.82, 2.24) is 4.98 Å². The van der Waals surface area contributed by atoms with E-state index in [4.69, 9.17) is 5.26 Å². The maximum absolute atomic E-state index is 8.90. The standard InChI is InChI=1S/C17H13N3/c18-11-13-4-1-8-16(10-13)20-12-15-6-2-5-14-7-3-9-19-17(14)15/h1-10,20H,12H2. The van der Waals surface area contributed by atoms with E-state index < -0.39 is 0 Å². The molecule has 0 saturated carbocycles. The minimum absolute atomic E-state index is 0.658. The number of rotatable bonds is 3. The third-order valence-electron chi connectivity index (χ3n) is 3.19. The van der Waals surface area contributed by atoms with E-state index in [1.54, 1.807) is 6.07 Å². The molecule has 20 heavy (non-hydrogen) atoms. The second kappa shape index (κ2) is 5.41. The molecule has 1 aromatic heterocycles. The van der Waals surface area contributed by atoms with Gasteiger partial charge in [0, 0.05) is 23.8 Å². The summed E-state index contributed by atoms with van der Waals surface area (Å²) in [5, 5.41) is 13.4. The number of pyridine rings is 1. The summed E-state index contributed by atoms with van der Waals surface area (Å²) >= 11 is 0. The molecule has 0 radical (unpaired) electrons. The molecule has 0 atom stereocenters. The van der Waals surface area contributed by atoms with E-state index in [9.17, 15) is 0 Å². The molecule has 0 bridgehead atoms. The van der Waals surface area contributed by atoms with Crippen molar-refractivity contribution < 1.29 is 0 Å². The highest BCUT2D eigenvalue weighted by molar-refractivity contribution is 5.81. The van der Waals surface area contributed by atoms with Gasteiger partial charge in [-0.05, 0) is 29.8 Å². The van der Waals surface area contributed by atoms with Gasteiger partial charge in [0.25, 0.3) is 0 Å². The van der Waals surface area contributed by atoms with Crippen molar-refractivity contribution in [2.45, 2.75) is 6.54 Å². The second-order valence-corrected chi connectivity index (χ2v) is 4.54. The lowest BCUT2D eigenvalue weighted by molar-refractivity contribution is 1.15. The topological polar surface area (TPSA) is 48.7 Å². The fraction of sp³-hybridized carbons (Fsp3) is 0.0588. The average Bonchev–Trinajstić information content (AvgIpc) is 2.53. The van der Waals surface area contributed by atoms with Gasteiger partial charge in [-0.15, -0.1) is 0 Å². The third-order valence-corrected chi connectivity index (χ3v) is 3.19. The van der Waals surface area contributed by atoms with Gasteiger partial charge in [-0.1, -0.05) is 30.3 Å². The number of hydrogen-bond donors (Lipinski definition) is 1. The Morgan fingerprint density at radius 2 is 1.90 bits per heavy atom. The van der Waals surface area contributed by atoms with Crippen LogP contribution in [0.15, 0.2) is 60.8 Å². The summed E-state index contributed by atoms with van der Waals surface area (Å²) < 4.78 is 0. The van der Waals surface area contributed by atoms with Crippen LogP contribution in [0.4, 0.5) is 5.69 Å². The molecule has 0 fully saturated rings. The molecule has 3 nitrogen and oxygen atoms in total. The number of benzene rings is 2. The number of nitrogens with zero attached hydrogens (tertiary/aromatic N) is 2. The van der Waals surface area contributed by atoms with E-state index in [0.717, 1.165) is 22.2 Å². The zero-order valence-electron chi connectivity index (χ0n) is 10.9. The Hall–Kier alpha value is -2.86. The van der Waals surface area contributed by atoms with Gasteiger partial charge in [-0.3, -0.25) is 4.98 Å². The lowest BCUT2D eigenvalue weighted by atomic mass is 10.1. The number of nitrogens with one attached hydrogen (secondary N) is 1. The van der Waals surface area contributed by atoms with Crippen LogP contribution in [0.2, 0.25) is 0 Å². The molecule has 0 saturated heterocycles. The van der Waals surface area contributed by atoms with Crippen molar-refractivity contribution in [1.29, 1.82) is 5.26 Å². The minimum atomic E-state index is 0.658. The summed E-state index contributed by atoms with van der Waals surface area (Å²) in [7, 11) is 0. The number of nitriles is 1. The summed E-state index contributed by atoms with van der Waals surface area (Å²) in [5.41, 5.74) is 3.76. The highest BCUT2D eigenvalue weighted by Crippen LogP contribution is 2.18. The fourth-order valence-corrected chi connectivity index (χ4v) is 2.21. The molecule has 3 rings (SSSR count). The Bertz CT molecular complexity index is 782. The number of anilines is 1. The summed E-state index contributed by atoms with van der Waals surface area (Å²) in [4.78, 5) is 4.43. The smallest absolute Gasteiger partial charge is 0.0992 e. The fourth-order valence-electron chi connectivity index (χ4n) is 2.21. The number of fused-ring (bicyclic) bond motifs is 1. The summed E-state index contributed by atoms with van der Waals surface area (Å²) in [5.74, 6) is 0. The number of aromatic nitrogens is 1. The van der Waals surface area contributed by atoms with Crippen LogP contribution in [0.5, 0.6) is 0 Å². The first-order valence-electron chi connectivity index (χ1n) is 6.43. The molecule has 3 aromatic rings. The molecule has 0 aliphatic rings. The third kappa shape index (κ3) is 2.45. The van der Waals surface area contributed by atoms with E-state index in [2.05, 4.69) is 34.6 Å². The van der Waals surface area contributed by atoms with Crippen molar-refractivity contribution in [3.8, 4) is 6.07 Å². The van der Waals surface area contributed by atoms with E-state index in [0.29, 0.717) is 12.1 Å². The van der Waals surface area contributed by atoms with Crippen LogP contribution in [0.25, 0.3) is 10.9 Å². The lowest BCUT2D eigenvalue weighted by Crippen LogP contribution is -2.00. The maximum Gasteiger partial charge on any atom is 0.0992 e. The predicted octanol–water partition coefficient (Wildman–Crippen LogP) is 3.72. The predicted molar refractivity (Wildman–Crippen MR) is 80.2 cm³/mol. The van der Waals surface area contributed by atoms with Crippen molar-refractivity contribution in [3.63, 3.8) is 0 Å². The molecule has 3 heteroatoms. The van der Waals surface area contributed by atoms with E-state index in [1.807, 2.05) is 36.5 Å². The van der Waals surface area contributed by atoms with Crippen molar-refractivity contribution in [2.75, 3.05) is 5.32 Å². The molecule has 0 unspecified atom stereocenters. The molecule has 1 heterocycles. The largest absolute Gasteiger partial charge is 0.381 e. The summed E-state index contributed by atoms with van der Waals surface area (Å²) in [6.45, 7) is 0.684. The molecule has 0 aliphatic heterocycles. The highest BCUT2D eigenvalue weighted by atomic mass is 14.9. The molecular weight excluding hydrogens is 246 g/mol. The van der Waals surface area contributed by atoms with Crippen LogP contribution in [0.1, 0.15) is 11.1 Å². The number of para-hydroxylation sites is 1. The van der Waals surface area contributed by atoms with Gasteiger partial charge in [0.05, 0.1) is 17.1 Å². The van der Waals surface area contributed by atoms with Crippen LogP contribution in [0.3, 0.4) is 0 Å². The maximum atomic E-state index is 8.90. The van der Waals surface area contributed by atoms with Crippen LogP contribution in [0, 0.1) is 11.3 Å². The van der Waals surface area contributed by atoms with Gasteiger partial charge < -0.3 is 5.32 Å². The van der Waals surface area contributed by atoms with Gasteiger partial charge in [-0.25, -0.2) is 0 Å². The Morgan fingerprint density at radius 1 is 1.05 bits per heavy atom. The van der Waals surface area contributed by atoms with Crippen LogP contribution >= 0.6 is 0 Å². The molecule has 96 valence electrons. The van der Waals surface area contributed by atoms with Crippen LogP contribution in [-0.2, 0) is 6.54 Å². The van der Waals surface area contributed by atoms with E-state index in [-0.39, 0.29) is 0 Å². The average molecular weight is 259 g/mol. The lowest BCUT2D eigenvalue weighted by Gasteiger charge is -2.09. The molecule has 0 aliphatic carbocycles. The zero-order chi connectivity index (χ0) is 13.8. The molecule has 0 spiro atoms. The Balaban J connectivity index is 1.85. The monoisotopic (exact) mass is 259 g/mol. The minimum Gasteiger partial charge on any atom is -0.381 e. The Morgan fingerprint density at radius 3 is 2.80 bits per heavy atom. The normalized spacial score (nSPS) is 10.2. The highest BCUT2D eigenvalue weighted by Gasteiger charge is 2.01. The zero-order valence-corrected chi connectivity index (χ0v) is 10.9. The van der Waals surface area contributed by atoms with Gasteiger partial charge >= 0.3 is 0 Å². The second-order valence-electron chi connectivity index (χ2n) is 4.54. The SMILES string of the molecule is N#Cc1cccc(NCc2cccc3cccnc23)c1.